The fraction of sp³-hybridized carbons (Fsp3) is 0.188. The van der Waals surface area contributed by atoms with Crippen LogP contribution in [0, 0.1) is 11.3 Å². The summed E-state index contributed by atoms with van der Waals surface area (Å²) >= 11 is 0. The smallest absolute Gasteiger partial charge is 0.118 e. The largest absolute Gasteiger partial charge is 0.497 e. The summed E-state index contributed by atoms with van der Waals surface area (Å²) in [5.41, 5.74) is 9.25. The first-order valence-electron chi connectivity index (χ1n) is 6.27. The predicted octanol–water partition coefficient (Wildman–Crippen LogP) is 2.79. The van der Waals surface area contributed by atoms with Crippen molar-refractivity contribution in [3.8, 4) is 11.8 Å². The van der Waals surface area contributed by atoms with Gasteiger partial charge in [0.05, 0.1) is 30.1 Å². The molecule has 102 valence electrons. The average Bonchev–Trinajstić information content (AvgIpc) is 2.47. The molecule has 20 heavy (non-hydrogen) atoms. The third-order valence-electron chi connectivity index (χ3n) is 3.15. The van der Waals surface area contributed by atoms with E-state index in [1.807, 2.05) is 37.4 Å². The van der Waals surface area contributed by atoms with Crippen molar-refractivity contribution in [1.82, 2.24) is 0 Å². The van der Waals surface area contributed by atoms with Crippen LogP contribution in [0.3, 0.4) is 0 Å². The molecule has 2 aromatic rings. The number of benzene rings is 2. The van der Waals surface area contributed by atoms with E-state index in [0.717, 1.165) is 23.5 Å². The molecule has 0 amide bonds. The van der Waals surface area contributed by atoms with Crippen molar-refractivity contribution < 1.29 is 4.74 Å². The summed E-state index contributed by atoms with van der Waals surface area (Å²) in [5, 5.41) is 8.85. The van der Waals surface area contributed by atoms with E-state index in [-0.39, 0.29) is 0 Å². The van der Waals surface area contributed by atoms with Gasteiger partial charge in [-0.1, -0.05) is 12.1 Å². The molecule has 0 atom stereocenters. The van der Waals surface area contributed by atoms with E-state index in [1.165, 1.54) is 0 Å². The number of anilines is 2. The summed E-state index contributed by atoms with van der Waals surface area (Å²) in [6.07, 6.45) is 0. The van der Waals surface area contributed by atoms with Crippen molar-refractivity contribution >= 4 is 11.4 Å². The maximum atomic E-state index is 8.85. The lowest BCUT2D eigenvalue weighted by Crippen LogP contribution is -2.17. The maximum Gasteiger partial charge on any atom is 0.118 e. The van der Waals surface area contributed by atoms with Gasteiger partial charge in [-0.05, 0) is 35.9 Å². The molecular formula is C16H17N3O. The number of nitrogen functional groups attached to an aromatic ring is 1. The lowest BCUT2D eigenvalue weighted by molar-refractivity contribution is 0.414. The van der Waals surface area contributed by atoms with E-state index in [4.69, 9.17) is 15.7 Å². The minimum Gasteiger partial charge on any atom is -0.497 e. The fourth-order valence-corrected chi connectivity index (χ4v) is 2.06. The second kappa shape index (κ2) is 5.98. The van der Waals surface area contributed by atoms with Gasteiger partial charge in [0.2, 0.25) is 0 Å². The Balaban J connectivity index is 2.15. The maximum absolute atomic E-state index is 8.85. The van der Waals surface area contributed by atoms with Crippen LogP contribution in [0.15, 0.2) is 42.5 Å². The van der Waals surface area contributed by atoms with Gasteiger partial charge in [0.15, 0.2) is 0 Å². The molecule has 0 radical (unpaired) electrons. The Morgan fingerprint density at radius 3 is 2.45 bits per heavy atom. The summed E-state index contributed by atoms with van der Waals surface area (Å²) in [5.74, 6) is 0.842. The molecule has 0 aliphatic carbocycles. The van der Waals surface area contributed by atoms with E-state index < -0.39 is 0 Å². The van der Waals surface area contributed by atoms with E-state index in [2.05, 4.69) is 11.0 Å². The molecule has 2 N–H and O–H groups in total. The number of nitrogens with zero attached hydrogens (tertiary/aromatic N) is 2. The number of hydrogen-bond donors (Lipinski definition) is 1. The number of ether oxygens (including phenoxy) is 1. The number of methoxy groups -OCH3 is 1. The lowest BCUT2D eigenvalue weighted by atomic mass is 10.1. The van der Waals surface area contributed by atoms with Crippen LogP contribution >= 0.6 is 0 Å². The second-order valence-corrected chi connectivity index (χ2v) is 4.59. The zero-order valence-corrected chi connectivity index (χ0v) is 11.6. The van der Waals surface area contributed by atoms with Gasteiger partial charge in [-0.2, -0.15) is 5.26 Å². The standard InChI is InChI=1S/C16H17N3O/c1-19(11-12-3-6-14(20-2)7-4-12)16-8-5-13(10-17)9-15(16)18/h3-9H,11,18H2,1-2H3. The zero-order valence-electron chi connectivity index (χ0n) is 11.6. The van der Waals surface area contributed by atoms with E-state index in [9.17, 15) is 0 Å². The average molecular weight is 267 g/mol. The summed E-state index contributed by atoms with van der Waals surface area (Å²) in [7, 11) is 3.63. The minimum atomic E-state index is 0.573. The summed E-state index contributed by atoms with van der Waals surface area (Å²) in [4.78, 5) is 2.05. The van der Waals surface area contributed by atoms with Crippen molar-refractivity contribution in [1.29, 1.82) is 5.26 Å². The van der Waals surface area contributed by atoms with Crippen molar-refractivity contribution in [3.63, 3.8) is 0 Å². The highest BCUT2D eigenvalue weighted by Crippen LogP contribution is 2.25. The molecule has 0 bridgehead atoms. The van der Waals surface area contributed by atoms with Crippen molar-refractivity contribution in [2.75, 3.05) is 24.8 Å². The minimum absolute atomic E-state index is 0.573. The van der Waals surface area contributed by atoms with Gasteiger partial charge in [-0.3, -0.25) is 0 Å². The predicted molar refractivity (Wildman–Crippen MR) is 80.7 cm³/mol. The Kier molecular flexibility index (Phi) is 4.11. The highest BCUT2D eigenvalue weighted by molar-refractivity contribution is 5.69. The summed E-state index contributed by atoms with van der Waals surface area (Å²) < 4.78 is 5.14. The molecule has 0 aliphatic rings. The first-order chi connectivity index (χ1) is 9.63. The SMILES string of the molecule is COc1ccc(CN(C)c2ccc(C#N)cc2N)cc1. The van der Waals surface area contributed by atoms with Crippen LogP contribution in [0.2, 0.25) is 0 Å². The third-order valence-corrected chi connectivity index (χ3v) is 3.15. The second-order valence-electron chi connectivity index (χ2n) is 4.59. The van der Waals surface area contributed by atoms with E-state index in [1.54, 1.807) is 19.2 Å². The number of nitriles is 1. The molecule has 0 fully saturated rings. The van der Waals surface area contributed by atoms with Gasteiger partial charge < -0.3 is 15.4 Å². The Bertz CT molecular complexity index is 629. The van der Waals surface area contributed by atoms with Gasteiger partial charge in [-0.15, -0.1) is 0 Å². The molecule has 0 heterocycles. The van der Waals surface area contributed by atoms with Crippen molar-refractivity contribution in [2.24, 2.45) is 0 Å². The molecule has 2 rings (SSSR count). The monoisotopic (exact) mass is 267 g/mol. The van der Waals surface area contributed by atoms with Crippen LogP contribution < -0.4 is 15.4 Å². The van der Waals surface area contributed by atoms with Crippen LogP contribution in [0.5, 0.6) is 5.75 Å². The molecule has 0 spiro atoms. The van der Waals surface area contributed by atoms with E-state index in [0.29, 0.717) is 11.3 Å². The quantitative estimate of drug-likeness (QED) is 0.865. The number of hydrogen-bond acceptors (Lipinski definition) is 4. The zero-order chi connectivity index (χ0) is 14.5. The molecule has 0 saturated carbocycles. The number of rotatable bonds is 4. The Morgan fingerprint density at radius 1 is 1.20 bits per heavy atom. The third kappa shape index (κ3) is 3.01. The molecule has 0 aliphatic heterocycles. The fourth-order valence-electron chi connectivity index (χ4n) is 2.06. The van der Waals surface area contributed by atoms with Crippen LogP contribution in [0.25, 0.3) is 0 Å². The lowest BCUT2D eigenvalue weighted by Gasteiger charge is -2.21. The molecule has 0 saturated heterocycles. The van der Waals surface area contributed by atoms with Gasteiger partial charge >= 0.3 is 0 Å². The van der Waals surface area contributed by atoms with Crippen molar-refractivity contribution in [3.05, 3.63) is 53.6 Å². The highest BCUT2D eigenvalue weighted by Gasteiger charge is 2.07. The van der Waals surface area contributed by atoms with Gasteiger partial charge in [-0.25, -0.2) is 0 Å². The van der Waals surface area contributed by atoms with E-state index >= 15 is 0 Å². The Morgan fingerprint density at radius 2 is 1.90 bits per heavy atom. The van der Waals surface area contributed by atoms with Crippen LogP contribution in [-0.4, -0.2) is 14.2 Å². The van der Waals surface area contributed by atoms with Crippen LogP contribution in [0.1, 0.15) is 11.1 Å². The van der Waals surface area contributed by atoms with Gasteiger partial charge in [0.1, 0.15) is 5.75 Å². The summed E-state index contributed by atoms with van der Waals surface area (Å²) in [6.45, 7) is 0.736. The number of nitrogens with two attached hydrogens (primary N) is 1. The molecule has 0 aromatic heterocycles. The van der Waals surface area contributed by atoms with Gasteiger partial charge in [0, 0.05) is 13.6 Å². The molecule has 2 aromatic carbocycles. The first kappa shape index (κ1) is 13.8. The Labute approximate surface area is 119 Å². The molecule has 4 heteroatoms. The van der Waals surface area contributed by atoms with Gasteiger partial charge in [0.25, 0.3) is 0 Å². The topological polar surface area (TPSA) is 62.3 Å². The first-order valence-corrected chi connectivity index (χ1v) is 6.27. The molecular weight excluding hydrogens is 250 g/mol. The normalized spacial score (nSPS) is 9.85. The van der Waals surface area contributed by atoms with Crippen molar-refractivity contribution in [2.45, 2.75) is 6.54 Å². The summed E-state index contributed by atoms with van der Waals surface area (Å²) in [6, 6.07) is 15.3. The van der Waals surface area contributed by atoms with Crippen LogP contribution in [-0.2, 0) is 6.54 Å². The van der Waals surface area contributed by atoms with Crippen LogP contribution in [0.4, 0.5) is 11.4 Å². The Hall–Kier alpha value is -2.67. The highest BCUT2D eigenvalue weighted by atomic mass is 16.5. The molecule has 4 nitrogen and oxygen atoms in total. The molecule has 0 unspecified atom stereocenters.